The number of benzene rings is 1. The van der Waals surface area contributed by atoms with E-state index in [2.05, 4.69) is 22.5 Å². The molecule has 1 aliphatic carbocycles. The quantitative estimate of drug-likeness (QED) is 0.197. The number of carbonyl (C=O) groups excluding carboxylic acids is 3. The van der Waals surface area contributed by atoms with Crippen molar-refractivity contribution in [3.63, 3.8) is 0 Å². The first-order chi connectivity index (χ1) is 22.9. The highest BCUT2D eigenvalue weighted by atomic mass is 16.5. The molecule has 1 aromatic heterocycles. The van der Waals surface area contributed by atoms with Crippen LogP contribution in [0.1, 0.15) is 101 Å². The van der Waals surface area contributed by atoms with Gasteiger partial charge in [0.2, 0.25) is 5.91 Å². The van der Waals surface area contributed by atoms with Crippen molar-refractivity contribution in [1.82, 2.24) is 20.1 Å². The van der Waals surface area contributed by atoms with Gasteiger partial charge in [-0.25, -0.2) is 9.59 Å². The van der Waals surface area contributed by atoms with Crippen LogP contribution in [0.5, 0.6) is 5.75 Å². The topological polar surface area (TPSA) is 111 Å². The summed E-state index contributed by atoms with van der Waals surface area (Å²) in [4.78, 5) is 42.8. The van der Waals surface area contributed by atoms with Gasteiger partial charge in [-0.05, 0) is 55.2 Å². The number of hydrogen-bond donors (Lipinski definition) is 2. The highest BCUT2D eigenvalue weighted by molar-refractivity contribution is 6.00. The summed E-state index contributed by atoms with van der Waals surface area (Å²) in [6.07, 6.45) is 15.6. The molecule has 0 radical (unpaired) electrons. The average Bonchev–Trinajstić information content (AvgIpc) is 3.41. The summed E-state index contributed by atoms with van der Waals surface area (Å²) >= 11 is 0. The number of nitrogens with zero attached hydrogens (tertiary/aromatic N) is 2. The van der Waals surface area contributed by atoms with E-state index in [1.807, 2.05) is 18.2 Å². The largest absolute Gasteiger partial charge is 0.504 e. The number of amides is 2. The Hall–Kier alpha value is -3.53. The van der Waals surface area contributed by atoms with Crippen molar-refractivity contribution in [1.29, 1.82) is 0 Å². The molecule has 1 saturated carbocycles. The lowest BCUT2D eigenvalue weighted by molar-refractivity contribution is -0.137. The fourth-order valence-corrected chi connectivity index (χ4v) is 8.29. The molecule has 2 N–H and O–H groups in total. The van der Waals surface area contributed by atoms with E-state index in [9.17, 15) is 14.4 Å². The zero-order valence-corrected chi connectivity index (χ0v) is 28.8. The predicted octanol–water partition coefficient (Wildman–Crippen LogP) is 6.26. The number of aromatic nitrogens is 1. The van der Waals surface area contributed by atoms with Gasteiger partial charge < -0.3 is 24.8 Å². The third-order valence-corrected chi connectivity index (χ3v) is 10.7. The van der Waals surface area contributed by atoms with Gasteiger partial charge in [-0.1, -0.05) is 70.8 Å². The van der Waals surface area contributed by atoms with Gasteiger partial charge in [0.25, 0.3) is 0 Å². The first kappa shape index (κ1) is 34.8. The lowest BCUT2D eigenvalue weighted by Crippen LogP contribution is -2.48. The number of ether oxygens (including phenoxy) is 3. The van der Waals surface area contributed by atoms with Crippen molar-refractivity contribution >= 4 is 28.8 Å². The second-order valence-corrected chi connectivity index (χ2v) is 13.5. The first-order valence-corrected chi connectivity index (χ1v) is 17.7. The van der Waals surface area contributed by atoms with E-state index < -0.39 is 5.97 Å². The second-order valence-electron chi connectivity index (χ2n) is 13.5. The van der Waals surface area contributed by atoms with Gasteiger partial charge in [-0.15, -0.1) is 0 Å². The van der Waals surface area contributed by atoms with Gasteiger partial charge in [0, 0.05) is 30.2 Å². The standard InChI is InChI=1S/C37H54N4O6/c1-5-25-23-40-20-19-27-34-30(17-14-18-32(34)46-3)41(35(27)31(40)21-28(25)29(24-45-2)36(43)47-4)37(44)38-22-33(42)39-26-15-12-10-8-6-7-9-11-13-16-26/h14,17-18,24-26,28,31H,5-13,15-16,19-23H2,1-4H3,(H,38,44)(H,39,42)/b29-24+/t25-,28+,31+/m1/s1. The molecule has 10 heteroatoms. The molecule has 1 saturated heterocycles. The Bertz CT molecular complexity index is 1420. The number of rotatable bonds is 8. The molecular weight excluding hydrogens is 596 g/mol. The molecule has 0 bridgehead atoms. The molecule has 2 aliphatic heterocycles. The molecule has 3 aliphatic rings. The van der Waals surface area contributed by atoms with E-state index in [1.165, 1.54) is 51.9 Å². The van der Waals surface area contributed by atoms with E-state index in [1.54, 1.807) is 18.8 Å². The summed E-state index contributed by atoms with van der Waals surface area (Å²) in [5.74, 6) is 0.292. The minimum Gasteiger partial charge on any atom is -0.504 e. The number of esters is 1. The summed E-state index contributed by atoms with van der Waals surface area (Å²) < 4.78 is 18.1. The second kappa shape index (κ2) is 16.5. The van der Waals surface area contributed by atoms with Crippen LogP contribution in [-0.4, -0.2) is 74.4 Å². The maximum absolute atomic E-state index is 14.2. The minimum absolute atomic E-state index is 0.0915. The number of methoxy groups -OCH3 is 3. The van der Waals surface area contributed by atoms with E-state index in [4.69, 9.17) is 14.2 Å². The average molecular weight is 651 g/mol. The lowest BCUT2D eigenvalue weighted by Gasteiger charge is -2.47. The Morgan fingerprint density at radius 2 is 1.68 bits per heavy atom. The highest BCUT2D eigenvalue weighted by Crippen LogP contribution is 2.48. The van der Waals surface area contributed by atoms with Crippen LogP contribution in [0, 0.1) is 11.8 Å². The predicted molar refractivity (Wildman–Crippen MR) is 182 cm³/mol. The fourth-order valence-electron chi connectivity index (χ4n) is 8.29. The minimum atomic E-state index is -0.392. The maximum Gasteiger partial charge on any atom is 0.337 e. The Kier molecular flexibility index (Phi) is 12.2. The van der Waals surface area contributed by atoms with Crippen molar-refractivity contribution in [3.05, 3.63) is 41.3 Å². The monoisotopic (exact) mass is 650 g/mol. The van der Waals surface area contributed by atoms with Crippen LogP contribution in [0.3, 0.4) is 0 Å². The summed E-state index contributed by atoms with van der Waals surface area (Å²) in [6.45, 7) is 3.68. The molecule has 3 atom stereocenters. The Balaban J connectivity index is 1.42. The molecule has 5 rings (SSSR count). The van der Waals surface area contributed by atoms with E-state index >= 15 is 0 Å². The molecule has 47 heavy (non-hydrogen) atoms. The normalized spacial score (nSPS) is 23.1. The fraction of sp³-hybridized carbons (Fsp3) is 0.649. The Morgan fingerprint density at radius 1 is 0.979 bits per heavy atom. The molecule has 0 unspecified atom stereocenters. The number of fused-ring (bicyclic) bond motifs is 5. The third-order valence-electron chi connectivity index (χ3n) is 10.7. The first-order valence-electron chi connectivity index (χ1n) is 17.7. The van der Waals surface area contributed by atoms with E-state index in [0.717, 1.165) is 79.5 Å². The molecule has 0 spiro atoms. The van der Waals surface area contributed by atoms with Crippen LogP contribution >= 0.6 is 0 Å². The molecule has 3 heterocycles. The summed E-state index contributed by atoms with van der Waals surface area (Å²) in [6, 6.07) is 5.46. The van der Waals surface area contributed by atoms with Crippen molar-refractivity contribution in [3.8, 4) is 5.75 Å². The van der Waals surface area contributed by atoms with Crippen LogP contribution in [-0.2, 0) is 25.5 Å². The van der Waals surface area contributed by atoms with Crippen molar-refractivity contribution in [2.24, 2.45) is 11.8 Å². The van der Waals surface area contributed by atoms with Crippen LogP contribution < -0.4 is 15.4 Å². The Morgan fingerprint density at radius 3 is 2.32 bits per heavy atom. The SMILES string of the molecule is CC[C@@H]1CN2CCc3c(n(C(=O)NCC(=O)NC4CCCCCCCCCC4)c4cccc(OC)c34)[C@@H]2C[C@@H]1/C(=C\OC)C(=O)OC. The van der Waals surface area contributed by atoms with Gasteiger partial charge in [0.1, 0.15) is 5.75 Å². The smallest absolute Gasteiger partial charge is 0.337 e. The summed E-state index contributed by atoms with van der Waals surface area (Å²) in [5, 5.41) is 7.11. The van der Waals surface area contributed by atoms with Gasteiger partial charge in [0.15, 0.2) is 0 Å². The Labute approximate surface area is 279 Å². The lowest BCUT2D eigenvalue weighted by atomic mass is 9.74. The van der Waals surface area contributed by atoms with Crippen LogP contribution in [0.25, 0.3) is 10.9 Å². The van der Waals surface area contributed by atoms with Gasteiger partial charge in [-0.3, -0.25) is 14.3 Å². The molecule has 258 valence electrons. The number of nitrogens with one attached hydrogen (secondary N) is 2. The number of piperidine rings is 1. The van der Waals surface area contributed by atoms with Gasteiger partial charge >= 0.3 is 12.0 Å². The summed E-state index contributed by atoms with van der Waals surface area (Å²) in [7, 11) is 4.59. The summed E-state index contributed by atoms with van der Waals surface area (Å²) in [5.41, 5.74) is 3.26. The zero-order chi connectivity index (χ0) is 33.3. The molecule has 10 nitrogen and oxygen atoms in total. The van der Waals surface area contributed by atoms with E-state index in [-0.39, 0.29) is 42.4 Å². The van der Waals surface area contributed by atoms with Crippen molar-refractivity contribution in [2.75, 3.05) is 41.0 Å². The maximum atomic E-state index is 14.2. The zero-order valence-electron chi connectivity index (χ0n) is 28.8. The molecule has 2 amide bonds. The van der Waals surface area contributed by atoms with Crippen molar-refractivity contribution in [2.45, 2.75) is 102 Å². The molecule has 2 fully saturated rings. The van der Waals surface area contributed by atoms with Crippen LogP contribution in [0.2, 0.25) is 0 Å². The third kappa shape index (κ3) is 7.79. The number of carbonyl (C=O) groups is 3. The number of hydrogen-bond acceptors (Lipinski definition) is 7. The highest BCUT2D eigenvalue weighted by Gasteiger charge is 2.44. The van der Waals surface area contributed by atoms with Gasteiger partial charge in [-0.2, -0.15) is 0 Å². The van der Waals surface area contributed by atoms with Crippen LogP contribution in [0.4, 0.5) is 4.79 Å². The van der Waals surface area contributed by atoms with Crippen LogP contribution in [0.15, 0.2) is 30.0 Å². The molecule has 1 aromatic carbocycles. The van der Waals surface area contributed by atoms with Gasteiger partial charge in [0.05, 0.1) is 51.3 Å². The molecular formula is C37H54N4O6. The van der Waals surface area contributed by atoms with E-state index in [0.29, 0.717) is 12.0 Å². The van der Waals surface area contributed by atoms with Crippen molar-refractivity contribution < 1.29 is 28.6 Å². The molecule has 2 aromatic rings.